The highest BCUT2D eigenvalue weighted by Gasteiger charge is 2.34. The van der Waals surface area contributed by atoms with Gasteiger partial charge in [-0.05, 0) is 0 Å². The standard InChI is InChI=1S/C9H15F2N3O2/c1-14-3-6(2-7(14)15)8(16)13-5-9(10,11)4-12/h6H,2-5,12H2,1H3,(H,13,16). The predicted octanol–water partition coefficient (Wildman–Crippen LogP) is -0.825. The van der Waals surface area contributed by atoms with Crippen LogP contribution in [0.4, 0.5) is 8.78 Å². The molecule has 0 bridgehead atoms. The Morgan fingerprint density at radius 3 is 2.75 bits per heavy atom. The van der Waals surface area contributed by atoms with Gasteiger partial charge in [0.2, 0.25) is 11.8 Å². The van der Waals surface area contributed by atoms with Crippen molar-refractivity contribution in [2.75, 3.05) is 26.7 Å². The Morgan fingerprint density at radius 2 is 2.31 bits per heavy atom. The van der Waals surface area contributed by atoms with Gasteiger partial charge in [0.25, 0.3) is 5.92 Å². The van der Waals surface area contributed by atoms with Crippen LogP contribution in [-0.4, -0.2) is 49.3 Å². The molecule has 0 aromatic rings. The van der Waals surface area contributed by atoms with Gasteiger partial charge in [0, 0.05) is 20.0 Å². The van der Waals surface area contributed by atoms with Crippen molar-refractivity contribution in [3.63, 3.8) is 0 Å². The molecule has 7 heteroatoms. The summed E-state index contributed by atoms with van der Waals surface area (Å²) in [6.45, 7) is -1.31. The van der Waals surface area contributed by atoms with Crippen molar-refractivity contribution < 1.29 is 18.4 Å². The van der Waals surface area contributed by atoms with Crippen LogP contribution in [0.25, 0.3) is 0 Å². The van der Waals surface area contributed by atoms with E-state index in [1.54, 1.807) is 7.05 Å². The zero-order valence-corrected chi connectivity index (χ0v) is 9.00. The van der Waals surface area contributed by atoms with Crippen molar-refractivity contribution >= 4 is 11.8 Å². The summed E-state index contributed by atoms with van der Waals surface area (Å²) in [4.78, 5) is 24.0. The van der Waals surface area contributed by atoms with Crippen LogP contribution >= 0.6 is 0 Å². The summed E-state index contributed by atoms with van der Waals surface area (Å²) in [5.74, 6) is -4.30. The average molecular weight is 235 g/mol. The number of carbonyl (C=O) groups is 2. The first kappa shape index (κ1) is 12.8. The molecule has 1 saturated heterocycles. The van der Waals surface area contributed by atoms with E-state index in [4.69, 9.17) is 5.73 Å². The Kier molecular flexibility index (Phi) is 3.79. The van der Waals surface area contributed by atoms with E-state index in [9.17, 15) is 18.4 Å². The Balaban J connectivity index is 2.40. The lowest BCUT2D eigenvalue weighted by Crippen LogP contribution is -2.43. The van der Waals surface area contributed by atoms with E-state index in [0.29, 0.717) is 0 Å². The molecule has 92 valence electrons. The fourth-order valence-corrected chi connectivity index (χ4v) is 1.47. The number of likely N-dealkylation sites (tertiary alicyclic amines) is 1. The Labute approximate surface area is 92.0 Å². The van der Waals surface area contributed by atoms with E-state index in [-0.39, 0.29) is 18.9 Å². The lowest BCUT2D eigenvalue weighted by atomic mass is 10.1. The van der Waals surface area contributed by atoms with Crippen molar-refractivity contribution in [3.8, 4) is 0 Å². The maximum absolute atomic E-state index is 12.7. The third-order valence-corrected chi connectivity index (χ3v) is 2.53. The fraction of sp³-hybridized carbons (Fsp3) is 0.778. The highest BCUT2D eigenvalue weighted by Crippen LogP contribution is 2.16. The molecular formula is C9H15F2N3O2. The number of amides is 2. The van der Waals surface area contributed by atoms with Gasteiger partial charge in [-0.15, -0.1) is 0 Å². The van der Waals surface area contributed by atoms with Gasteiger partial charge in [-0.3, -0.25) is 9.59 Å². The number of nitrogens with two attached hydrogens (primary N) is 1. The van der Waals surface area contributed by atoms with Gasteiger partial charge in [0.05, 0.1) is 19.0 Å². The average Bonchev–Trinajstić information content (AvgIpc) is 2.56. The molecule has 1 heterocycles. The summed E-state index contributed by atoms with van der Waals surface area (Å²) in [6, 6.07) is 0. The molecule has 2 amide bonds. The van der Waals surface area contributed by atoms with E-state index < -0.39 is 30.8 Å². The topological polar surface area (TPSA) is 75.4 Å². The van der Waals surface area contributed by atoms with Crippen molar-refractivity contribution in [2.45, 2.75) is 12.3 Å². The summed E-state index contributed by atoms with van der Waals surface area (Å²) in [5, 5.41) is 2.11. The van der Waals surface area contributed by atoms with Gasteiger partial charge >= 0.3 is 0 Å². The van der Waals surface area contributed by atoms with Gasteiger partial charge in [0.1, 0.15) is 0 Å². The first-order valence-electron chi connectivity index (χ1n) is 4.95. The third kappa shape index (κ3) is 3.13. The first-order chi connectivity index (χ1) is 7.35. The van der Waals surface area contributed by atoms with Crippen LogP contribution in [0.5, 0.6) is 0 Å². The molecule has 0 saturated carbocycles. The Hall–Kier alpha value is -1.24. The molecule has 0 aromatic heterocycles. The maximum Gasteiger partial charge on any atom is 0.277 e. The van der Waals surface area contributed by atoms with Crippen molar-refractivity contribution in [2.24, 2.45) is 11.7 Å². The molecule has 5 nitrogen and oxygen atoms in total. The lowest BCUT2D eigenvalue weighted by molar-refractivity contribution is -0.129. The minimum atomic E-state index is -3.09. The molecule has 1 rings (SSSR count). The quantitative estimate of drug-likeness (QED) is 0.668. The number of rotatable bonds is 4. The minimum absolute atomic E-state index is 0.0799. The van der Waals surface area contributed by atoms with Crippen molar-refractivity contribution in [1.29, 1.82) is 0 Å². The number of nitrogens with one attached hydrogen (secondary N) is 1. The molecule has 16 heavy (non-hydrogen) atoms. The molecule has 0 radical (unpaired) electrons. The van der Waals surface area contributed by atoms with E-state index >= 15 is 0 Å². The Bertz CT molecular complexity index is 296. The molecule has 1 unspecified atom stereocenters. The zero-order chi connectivity index (χ0) is 12.3. The van der Waals surface area contributed by atoms with Crippen molar-refractivity contribution in [1.82, 2.24) is 10.2 Å². The number of alkyl halides is 2. The smallest absolute Gasteiger partial charge is 0.277 e. The summed E-state index contributed by atoms with van der Waals surface area (Å²) >= 11 is 0. The molecule has 1 fully saturated rings. The van der Waals surface area contributed by atoms with Crippen molar-refractivity contribution in [3.05, 3.63) is 0 Å². The van der Waals surface area contributed by atoms with Crippen LogP contribution in [0.2, 0.25) is 0 Å². The monoisotopic (exact) mass is 235 g/mol. The number of hydrogen-bond donors (Lipinski definition) is 2. The van der Waals surface area contributed by atoms with Gasteiger partial charge in [-0.1, -0.05) is 0 Å². The number of hydrogen-bond acceptors (Lipinski definition) is 3. The van der Waals surface area contributed by atoms with E-state index in [1.165, 1.54) is 4.90 Å². The van der Waals surface area contributed by atoms with Crippen LogP contribution in [-0.2, 0) is 9.59 Å². The van der Waals surface area contributed by atoms with E-state index in [1.807, 2.05) is 0 Å². The highest BCUT2D eigenvalue weighted by molar-refractivity contribution is 5.89. The van der Waals surface area contributed by atoms with E-state index in [2.05, 4.69) is 5.32 Å². The largest absolute Gasteiger partial charge is 0.350 e. The number of carbonyl (C=O) groups excluding carboxylic acids is 2. The molecular weight excluding hydrogens is 220 g/mol. The molecule has 1 aliphatic heterocycles. The SMILES string of the molecule is CN1CC(C(=O)NCC(F)(F)CN)CC1=O. The molecule has 1 aliphatic rings. The molecule has 3 N–H and O–H groups in total. The molecule has 0 aromatic carbocycles. The summed E-state index contributed by atoms with van der Waals surface area (Å²) in [5.41, 5.74) is 4.83. The van der Waals surface area contributed by atoms with Gasteiger partial charge < -0.3 is 16.0 Å². The van der Waals surface area contributed by atoms with Crippen LogP contribution < -0.4 is 11.1 Å². The van der Waals surface area contributed by atoms with Crippen LogP contribution in [0, 0.1) is 5.92 Å². The van der Waals surface area contributed by atoms with E-state index in [0.717, 1.165) is 0 Å². The first-order valence-corrected chi connectivity index (χ1v) is 4.95. The fourth-order valence-electron chi connectivity index (χ4n) is 1.47. The summed E-state index contributed by atoms with van der Waals surface area (Å²) in [7, 11) is 1.57. The summed E-state index contributed by atoms with van der Waals surface area (Å²) < 4.78 is 25.5. The second-order valence-corrected chi connectivity index (χ2v) is 3.95. The Morgan fingerprint density at radius 1 is 1.69 bits per heavy atom. The highest BCUT2D eigenvalue weighted by atomic mass is 19.3. The van der Waals surface area contributed by atoms with Crippen LogP contribution in [0.15, 0.2) is 0 Å². The second kappa shape index (κ2) is 4.73. The van der Waals surface area contributed by atoms with Crippen LogP contribution in [0.3, 0.4) is 0 Å². The zero-order valence-electron chi connectivity index (χ0n) is 9.00. The van der Waals surface area contributed by atoms with Crippen LogP contribution in [0.1, 0.15) is 6.42 Å². The predicted molar refractivity (Wildman–Crippen MR) is 52.8 cm³/mol. The molecule has 0 aliphatic carbocycles. The number of halogens is 2. The third-order valence-electron chi connectivity index (χ3n) is 2.53. The maximum atomic E-state index is 12.7. The van der Waals surface area contributed by atoms with Gasteiger partial charge in [-0.25, -0.2) is 8.78 Å². The van der Waals surface area contributed by atoms with Gasteiger partial charge in [0.15, 0.2) is 0 Å². The molecule has 0 spiro atoms. The normalized spacial score (nSPS) is 21.4. The summed E-state index contributed by atoms with van der Waals surface area (Å²) in [6.07, 6.45) is 0.0799. The second-order valence-electron chi connectivity index (χ2n) is 3.95. The van der Waals surface area contributed by atoms with Gasteiger partial charge in [-0.2, -0.15) is 0 Å². The lowest BCUT2D eigenvalue weighted by Gasteiger charge is -2.16. The molecule has 1 atom stereocenters. The number of nitrogens with zero attached hydrogens (tertiary/aromatic N) is 1. The minimum Gasteiger partial charge on any atom is -0.350 e.